The summed E-state index contributed by atoms with van der Waals surface area (Å²) in [5.41, 5.74) is 2.10. The van der Waals surface area contributed by atoms with Crippen LogP contribution in [0.3, 0.4) is 0 Å². The third-order valence-electron chi connectivity index (χ3n) is 3.04. The number of pyridine rings is 1. The summed E-state index contributed by atoms with van der Waals surface area (Å²) in [5.74, 6) is 1.64. The van der Waals surface area contributed by atoms with E-state index < -0.39 is 0 Å². The second-order valence-corrected chi connectivity index (χ2v) is 6.77. The molecule has 0 radical (unpaired) electrons. The van der Waals surface area contributed by atoms with Gasteiger partial charge in [-0.25, -0.2) is 4.98 Å². The molecule has 0 aliphatic carbocycles. The van der Waals surface area contributed by atoms with Crippen LogP contribution in [-0.4, -0.2) is 31.4 Å². The van der Waals surface area contributed by atoms with E-state index in [0.29, 0.717) is 5.88 Å². The van der Waals surface area contributed by atoms with Crippen LogP contribution in [-0.2, 0) is 13.0 Å². The number of alkyl halides is 1. The summed E-state index contributed by atoms with van der Waals surface area (Å²) in [4.78, 5) is 8.76. The van der Waals surface area contributed by atoms with Gasteiger partial charge in [-0.05, 0) is 26.2 Å². The lowest BCUT2D eigenvalue weighted by molar-refractivity contribution is 0.561. The Morgan fingerprint density at radius 3 is 2.89 bits per heavy atom. The molecule has 0 saturated carbocycles. The third kappa shape index (κ3) is 2.81. The van der Waals surface area contributed by atoms with Crippen molar-refractivity contribution in [1.29, 1.82) is 0 Å². The van der Waals surface area contributed by atoms with Gasteiger partial charge in [0.05, 0.1) is 11.7 Å². The van der Waals surface area contributed by atoms with Crippen molar-refractivity contribution in [3.8, 4) is 0 Å². The van der Waals surface area contributed by atoms with Gasteiger partial charge in [0, 0.05) is 29.8 Å². The number of aryl methyl sites for hydroxylation is 1. The lowest BCUT2D eigenvalue weighted by Crippen LogP contribution is -2.23. The van der Waals surface area contributed by atoms with E-state index in [4.69, 9.17) is 11.6 Å². The smallest absolute Gasteiger partial charge is 0.111 e. The monoisotopic (exact) mass is 283 g/mol. The topological polar surface area (TPSA) is 30.7 Å². The molecule has 5 heteroatoms. The SMILES string of the molecule is CSC(C)(C)Cn1c(CCCl)nc2cnccc21. The van der Waals surface area contributed by atoms with Crippen LogP contribution in [0, 0.1) is 0 Å². The van der Waals surface area contributed by atoms with Crippen molar-refractivity contribution < 1.29 is 0 Å². The predicted molar refractivity (Wildman–Crippen MR) is 79.5 cm³/mol. The van der Waals surface area contributed by atoms with Crippen molar-refractivity contribution in [2.45, 2.75) is 31.6 Å². The summed E-state index contributed by atoms with van der Waals surface area (Å²) < 4.78 is 2.45. The fraction of sp³-hybridized carbons (Fsp3) is 0.538. The van der Waals surface area contributed by atoms with Crippen LogP contribution >= 0.6 is 23.4 Å². The number of hydrogen-bond donors (Lipinski definition) is 0. The Bertz CT molecular complexity index is 536. The molecule has 2 aromatic heterocycles. The average Bonchev–Trinajstić information content (AvgIpc) is 2.68. The van der Waals surface area contributed by atoms with Gasteiger partial charge in [-0.15, -0.1) is 11.6 Å². The summed E-state index contributed by atoms with van der Waals surface area (Å²) in [6, 6.07) is 2.02. The van der Waals surface area contributed by atoms with E-state index in [-0.39, 0.29) is 4.75 Å². The highest BCUT2D eigenvalue weighted by molar-refractivity contribution is 7.99. The molecule has 0 bridgehead atoms. The molecule has 0 unspecified atom stereocenters. The largest absolute Gasteiger partial charge is 0.326 e. The molecule has 18 heavy (non-hydrogen) atoms. The molecule has 0 atom stereocenters. The molecule has 0 saturated heterocycles. The molecule has 0 N–H and O–H groups in total. The zero-order valence-electron chi connectivity index (χ0n) is 11.0. The highest BCUT2D eigenvalue weighted by atomic mass is 35.5. The lowest BCUT2D eigenvalue weighted by atomic mass is 10.2. The first-order valence-electron chi connectivity index (χ1n) is 5.97. The van der Waals surface area contributed by atoms with Crippen molar-refractivity contribution in [2.75, 3.05) is 12.1 Å². The summed E-state index contributed by atoms with van der Waals surface area (Å²) in [6.07, 6.45) is 6.56. The van der Waals surface area contributed by atoms with Crippen molar-refractivity contribution in [1.82, 2.24) is 14.5 Å². The van der Waals surface area contributed by atoms with Gasteiger partial charge < -0.3 is 4.57 Å². The Hall–Kier alpha value is -0.740. The van der Waals surface area contributed by atoms with Crippen molar-refractivity contribution >= 4 is 34.4 Å². The molecule has 2 rings (SSSR count). The van der Waals surface area contributed by atoms with Gasteiger partial charge >= 0.3 is 0 Å². The molecule has 0 aliphatic rings. The Morgan fingerprint density at radius 2 is 2.22 bits per heavy atom. The number of fused-ring (bicyclic) bond motifs is 1. The van der Waals surface area contributed by atoms with Crippen LogP contribution in [0.1, 0.15) is 19.7 Å². The molecular weight excluding hydrogens is 266 g/mol. The molecule has 2 aromatic rings. The average molecular weight is 284 g/mol. The third-order valence-corrected chi connectivity index (χ3v) is 4.46. The second kappa shape index (κ2) is 5.49. The Labute approximate surface area is 117 Å². The predicted octanol–water partition coefficient (Wildman–Crippen LogP) is 3.35. The van der Waals surface area contributed by atoms with Crippen molar-refractivity contribution in [3.63, 3.8) is 0 Å². The number of halogens is 1. The number of imidazole rings is 1. The van der Waals surface area contributed by atoms with Crippen LogP contribution in [0.15, 0.2) is 18.5 Å². The molecule has 98 valence electrons. The van der Waals surface area contributed by atoms with Crippen LogP contribution in [0.2, 0.25) is 0 Å². The molecule has 0 aliphatic heterocycles. The molecule has 0 aromatic carbocycles. The zero-order valence-corrected chi connectivity index (χ0v) is 12.6. The van der Waals surface area contributed by atoms with Crippen molar-refractivity contribution in [2.24, 2.45) is 0 Å². The maximum absolute atomic E-state index is 5.87. The Balaban J connectivity index is 2.48. The maximum atomic E-state index is 5.87. The molecule has 0 fully saturated rings. The number of thioether (sulfide) groups is 1. The molecule has 0 amide bonds. The molecule has 2 heterocycles. The summed E-state index contributed by atoms with van der Waals surface area (Å²) in [5, 5.41) is 0. The standard InChI is InChI=1S/C13H18ClN3S/c1-13(2,18-3)9-17-11-5-7-15-8-10(11)16-12(17)4-6-14/h5,7-8H,4,6,9H2,1-3H3. The van der Waals surface area contributed by atoms with Crippen LogP contribution in [0.4, 0.5) is 0 Å². The van der Waals surface area contributed by atoms with E-state index >= 15 is 0 Å². The molecule has 0 spiro atoms. The van der Waals surface area contributed by atoms with E-state index in [0.717, 1.165) is 29.8 Å². The first kappa shape index (κ1) is 13.7. The molecule has 3 nitrogen and oxygen atoms in total. The van der Waals surface area contributed by atoms with Crippen LogP contribution < -0.4 is 0 Å². The first-order valence-corrected chi connectivity index (χ1v) is 7.73. The maximum Gasteiger partial charge on any atom is 0.111 e. The van der Waals surface area contributed by atoms with Gasteiger partial charge in [0.1, 0.15) is 11.3 Å². The van der Waals surface area contributed by atoms with Crippen LogP contribution in [0.25, 0.3) is 11.0 Å². The number of hydrogen-bond acceptors (Lipinski definition) is 3. The quantitative estimate of drug-likeness (QED) is 0.789. The molecular formula is C13H18ClN3S. The summed E-state index contributed by atoms with van der Waals surface area (Å²) in [6.45, 7) is 5.42. The number of aromatic nitrogens is 3. The highest BCUT2D eigenvalue weighted by Crippen LogP contribution is 2.26. The fourth-order valence-electron chi connectivity index (χ4n) is 1.93. The number of nitrogens with zero attached hydrogens (tertiary/aromatic N) is 3. The second-order valence-electron chi connectivity index (χ2n) is 4.88. The highest BCUT2D eigenvalue weighted by Gasteiger charge is 2.20. The van der Waals surface area contributed by atoms with E-state index in [2.05, 4.69) is 34.6 Å². The Kier molecular flexibility index (Phi) is 4.17. The lowest BCUT2D eigenvalue weighted by Gasteiger charge is -2.24. The van der Waals surface area contributed by atoms with Crippen LogP contribution in [0.5, 0.6) is 0 Å². The zero-order chi connectivity index (χ0) is 13.2. The first-order chi connectivity index (χ1) is 8.57. The van der Waals surface area contributed by atoms with Gasteiger partial charge in [0.25, 0.3) is 0 Å². The summed E-state index contributed by atoms with van der Waals surface area (Å²) in [7, 11) is 0. The van der Waals surface area contributed by atoms with Gasteiger partial charge in [-0.1, -0.05) is 0 Å². The minimum atomic E-state index is 0.179. The van der Waals surface area contributed by atoms with E-state index in [1.165, 1.54) is 0 Å². The van der Waals surface area contributed by atoms with E-state index in [1.54, 1.807) is 0 Å². The minimum Gasteiger partial charge on any atom is -0.326 e. The van der Waals surface area contributed by atoms with E-state index in [9.17, 15) is 0 Å². The van der Waals surface area contributed by atoms with Gasteiger partial charge in [-0.2, -0.15) is 11.8 Å². The van der Waals surface area contributed by atoms with E-state index in [1.807, 2.05) is 30.2 Å². The van der Waals surface area contributed by atoms with Gasteiger partial charge in [0.2, 0.25) is 0 Å². The summed E-state index contributed by atoms with van der Waals surface area (Å²) >= 11 is 7.73. The number of rotatable bonds is 5. The van der Waals surface area contributed by atoms with Gasteiger partial charge in [0.15, 0.2) is 0 Å². The minimum absolute atomic E-state index is 0.179. The van der Waals surface area contributed by atoms with Gasteiger partial charge in [-0.3, -0.25) is 4.98 Å². The normalized spacial score (nSPS) is 12.2. The van der Waals surface area contributed by atoms with Crippen molar-refractivity contribution in [3.05, 3.63) is 24.3 Å². The Morgan fingerprint density at radius 1 is 1.44 bits per heavy atom. The fourth-order valence-corrected chi connectivity index (χ4v) is 2.36.